The van der Waals surface area contributed by atoms with Crippen LogP contribution in [0.25, 0.3) is 21.8 Å². The van der Waals surface area contributed by atoms with E-state index < -0.39 is 0 Å². The van der Waals surface area contributed by atoms with Gasteiger partial charge in [-0.15, -0.1) is 0 Å². The second kappa shape index (κ2) is 8.66. The summed E-state index contributed by atoms with van der Waals surface area (Å²) in [6.07, 6.45) is 3.34. The van der Waals surface area contributed by atoms with Gasteiger partial charge in [0.25, 0.3) is 5.91 Å². The molecular formula is C25H23N3O2. The van der Waals surface area contributed by atoms with Gasteiger partial charge in [-0.2, -0.15) is 5.10 Å². The van der Waals surface area contributed by atoms with Crippen molar-refractivity contribution in [1.29, 1.82) is 0 Å². The average molecular weight is 397 g/mol. The van der Waals surface area contributed by atoms with E-state index in [9.17, 15) is 4.79 Å². The highest BCUT2D eigenvalue weighted by Gasteiger charge is 2.09. The fourth-order valence-electron chi connectivity index (χ4n) is 3.58. The molecule has 0 saturated heterocycles. The molecule has 5 heteroatoms. The van der Waals surface area contributed by atoms with Gasteiger partial charge in [0, 0.05) is 33.9 Å². The highest BCUT2D eigenvalue weighted by atomic mass is 16.5. The SMILES string of the molecule is C=CCOc1ccc(C(=O)NN=Cc2ccc3c(c2)c2ccccc2n3CC)cc1. The molecule has 0 aliphatic rings. The van der Waals surface area contributed by atoms with Crippen LogP contribution in [0.15, 0.2) is 84.5 Å². The van der Waals surface area contributed by atoms with Crippen molar-refractivity contribution in [3.8, 4) is 5.75 Å². The Balaban J connectivity index is 1.50. The Labute approximate surface area is 175 Å². The van der Waals surface area contributed by atoms with Crippen LogP contribution >= 0.6 is 0 Å². The topological polar surface area (TPSA) is 55.6 Å². The number of amides is 1. The van der Waals surface area contributed by atoms with Gasteiger partial charge in [-0.1, -0.05) is 36.9 Å². The number of ether oxygens (including phenoxy) is 1. The molecule has 0 radical (unpaired) electrons. The van der Waals surface area contributed by atoms with Crippen LogP contribution in [0.3, 0.4) is 0 Å². The number of fused-ring (bicyclic) bond motifs is 3. The molecule has 0 saturated carbocycles. The molecule has 0 spiro atoms. The van der Waals surface area contributed by atoms with Gasteiger partial charge in [0.15, 0.2) is 0 Å². The second-order valence-electron chi connectivity index (χ2n) is 6.86. The minimum Gasteiger partial charge on any atom is -0.490 e. The number of aryl methyl sites for hydroxylation is 1. The summed E-state index contributed by atoms with van der Waals surface area (Å²) in [5, 5.41) is 6.52. The molecule has 0 fully saturated rings. The summed E-state index contributed by atoms with van der Waals surface area (Å²) < 4.78 is 7.72. The van der Waals surface area contributed by atoms with Gasteiger partial charge >= 0.3 is 0 Å². The van der Waals surface area contributed by atoms with Gasteiger partial charge in [0.1, 0.15) is 12.4 Å². The van der Waals surface area contributed by atoms with Gasteiger partial charge in [0.05, 0.1) is 6.21 Å². The standard InChI is InChI=1S/C25H23N3O2/c1-3-15-30-20-12-10-19(11-13-20)25(29)27-26-17-18-9-14-24-22(16-18)21-7-5-6-8-23(21)28(24)4-2/h3,5-14,16-17H,1,4,15H2,2H3,(H,27,29). The van der Waals surface area contributed by atoms with Crippen LogP contribution in [0.2, 0.25) is 0 Å². The van der Waals surface area contributed by atoms with Gasteiger partial charge in [-0.05, 0) is 55.0 Å². The third kappa shape index (κ3) is 3.82. The van der Waals surface area contributed by atoms with Crippen molar-refractivity contribution in [3.63, 3.8) is 0 Å². The molecule has 4 rings (SSSR count). The summed E-state index contributed by atoms with van der Waals surface area (Å²) in [6, 6.07) is 21.5. The van der Waals surface area contributed by atoms with Crippen molar-refractivity contribution >= 4 is 33.9 Å². The van der Waals surface area contributed by atoms with Crippen LogP contribution in [-0.2, 0) is 6.54 Å². The Morgan fingerprint density at radius 1 is 1.07 bits per heavy atom. The van der Waals surface area contributed by atoms with E-state index in [2.05, 4.69) is 65.0 Å². The van der Waals surface area contributed by atoms with E-state index in [1.54, 1.807) is 36.6 Å². The molecule has 0 atom stereocenters. The van der Waals surface area contributed by atoms with Crippen LogP contribution in [-0.4, -0.2) is 23.3 Å². The Morgan fingerprint density at radius 3 is 2.60 bits per heavy atom. The largest absolute Gasteiger partial charge is 0.490 e. The highest BCUT2D eigenvalue weighted by Crippen LogP contribution is 2.29. The van der Waals surface area contributed by atoms with Crippen molar-refractivity contribution in [1.82, 2.24) is 9.99 Å². The van der Waals surface area contributed by atoms with E-state index in [-0.39, 0.29) is 5.91 Å². The van der Waals surface area contributed by atoms with E-state index in [0.29, 0.717) is 17.9 Å². The maximum Gasteiger partial charge on any atom is 0.271 e. The number of carbonyl (C=O) groups excluding carboxylic acids is 1. The van der Waals surface area contributed by atoms with Crippen molar-refractivity contribution in [3.05, 3.63) is 90.5 Å². The van der Waals surface area contributed by atoms with E-state index in [4.69, 9.17) is 4.74 Å². The summed E-state index contributed by atoms with van der Waals surface area (Å²) >= 11 is 0. The van der Waals surface area contributed by atoms with E-state index >= 15 is 0 Å². The number of aromatic nitrogens is 1. The van der Waals surface area contributed by atoms with Crippen LogP contribution < -0.4 is 10.2 Å². The molecule has 3 aromatic carbocycles. The third-order valence-corrected chi connectivity index (χ3v) is 4.98. The predicted molar refractivity (Wildman–Crippen MR) is 122 cm³/mol. The third-order valence-electron chi connectivity index (χ3n) is 4.98. The Hall–Kier alpha value is -3.86. The summed E-state index contributed by atoms with van der Waals surface area (Å²) in [5.74, 6) is 0.416. The lowest BCUT2D eigenvalue weighted by Gasteiger charge is -2.04. The van der Waals surface area contributed by atoms with Crippen molar-refractivity contribution in [2.24, 2.45) is 5.10 Å². The van der Waals surface area contributed by atoms with E-state index in [1.807, 2.05) is 6.07 Å². The van der Waals surface area contributed by atoms with Crippen molar-refractivity contribution in [2.75, 3.05) is 6.61 Å². The monoisotopic (exact) mass is 397 g/mol. The van der Waals surface area contributed by atoms with Crippen LogP contribution in [0, 0.1) is 0 Å². The van der Waals surface area contributed by atoms with E-state index in [1.165, 1.54) is 21.8 Å². The molecule has 0 unspecified atom stereocenters. The molecule has 150 valence electrons. The smallest absolute Gasteiger partial charge is 0.271 e. The Morgan fingerprint density at radius 2 is 1.83 bits per heavy atom. The van der Waals surface area contributed by atoms with Gasteiger partial charge in [0.2, 0.25) is 0 Å². The fraction of sp³-hybridized carbons (Fsp3) is 0.120. The lowest BCUT2D eigenvalue weighted by atomic mass is 10.1. The normalized spacial score (nSPS) is 11.2. The first kappa shape index (κ1) is 19.5. The minimum absolute atomic E-state index is 0.273. The maximum atomic E-state index is 12.3. The zero-order valence-electron chi connectivity index (χ0n) is 16.8. The lowest BCUT2D eigenvalue weighted by Crippen LogP contribution is -2.17. The molecule has 30 heavy (non-hydrogen) atoms. The molecule has 0 aliphatic heterocycles. The second-order valence-corrected chi connectivity index (χ2v) is 6.86. The Bertz CT molecular complexity index is 1240. The lowest BCUT2D eigenvalue weighted by molar-refractivity contribution is 0.0955. The first-order valence-electron chi connectivity index (χ1n) is 9.89. The number of hydrazone groups is 1. The van der Waals surface area contributed by atoms with Crippen molar-refractivity contribution < 1.29 is 9.53 Å². The van der Waals surface area contributed by atoms with E-state index in [0.717, 1.165) is 12.1 Å². The summed E-state index contributed by atoms with van der Waals surface area (Å²) in [7, 11) is 0. The number of rotatable bonds is 7. The number of hydrogen-bond acceptors (Lipinski definition) is 3. The fourth-order valence-corrected chi connectivity index (χ4v) is 3.58. The summed E-state index contributed by atoms with van der Waals surface area (Å²) in [4.78, 5) is 12.3. The molecule has 1 amide bonds. The number of hydrogen-bond donors (Lipinski definition) is 1. The Kier molecular flexibility index (Phi) is 5.61. The number of nitrogens with zero attached hydrogens (tertiary/aromatic N) is 2. The number of benzene rings is 3. The van der Waals surface area contributed by atoms with Crippen LogP contribution in [0.1, 0.15) is 22.8 Å². The van der Waals surface area contributed by atoms with Crippen LogP contribution in [0.5, 0.6) is 5.75 Å². The number of para-hydroxylation sites is 1. The number of carbonyl (C=O) groups is 1. The zero-order valence-corrected chi connectivity index (χ0v) is 16.8. The van der Waals surface area contributed by atoms with Crippen molar-refractivity contribution in [2.45, 2.75) is 13.5 Å². The van der Waals surface area contributed by atoms with Gasteiger partial charge in [-0.25, -0.2) is 5.43 Å². The molecule has 1 heterocycles. The van der Waals surface area contributed by atoms with Crippen LogP contribution in [0.4, 0.5) is 0 Å². The summed E-state index contributed by atoms with van der Waals surface area (Å²) in [6.45, 7) is 7.09. The average Bonchev–Trinajstić information content (AvgIpc) is 3.11. The molecule has 5 nitrogen and oxygen atoms in total. The van der Waals surface area contributed by atoms with Gasteiger partial charge < -0.3 is 9.30 Å². The zero-order chi connectivity index (χ0) is 20.9. The van der Waals surface area contributed by atoms with Gasteiger partial charge in [-0.3, -0.25) is 4.79 Å². The predicted octanol–water partition coefficient (Wildman–Crippen LogP) is 5.14. The first-order valence-corrected chi connectivity index (χ1v) is 9.89. The first-order chi connectivity index (χ1) is 14.7. The molecular weight excluding hydrogens is 374 g/mol. The maximum absolute atomic E-state index is 12.3. The molecule has 0 bridgehead atoms. The molecule has 0 aliphatic carbocycles. The summed E-state index contributed by atoms with van der Waals surface area (Å²) in [5.41, 5.74) is 6.43. The number of nitrogens with one attached hydrogen (secondary N) is 1. The molecule has 1 N–H and O–H groups in total. The highest BCUT2D eigenvalue weighted by molar-refractivity contribution is 6.09. The molecule has 1 aromatic heterocycles. The molecule has 4 aromatic rings. The minimum atomic E-state index is -0.273. The quantitative estimate of drug-likeness (QED) is 0.267.